The van der Waals surface area contributed by atoms with E-state index in [-0.39, 0.29) is 6.42 Å². The Kier molecular flexibility index (Phi) is 9.49. The molecular formula is C25H23BrClN3O4. The van der Waals surface area contributed by atoms with E-state index in [1.165, 1.54) is 6.21 Å². The SMILES string of the molecule is CCOc1ccc(NC(=O)CC(=O)NN=Cc2ccc(OCc3ccc(Cl)cc3)c(Br)c2)cc1. The molecule has 0 fully saturated rings. The molecule has 7 nitrogen and oxygen atoms in total. The van der Waals surface area contributed by atoms with E-state index < -0.39 is 11.8 Å². The number of hydrazone groups is 1. The highest BCUT2D eigenvalue weighted by Gasteiger charge is 2.09. The maximum Gasteiger partial charge on any atom is 0.249 e. The largest absolute Gasteiger partial charge is 0.494 e. The molecule has 3 aromatic carbocycles. The van der Waals surface area contributed by atoms with Crippen molar-refractivity contribution in [2.24, 2.45) is 5.10 Å². The van der Waals surface area contributed by atoms with Crippen molar-refractivity contribution in [2.45, 2.75) is 20.0 Å². The number of carbonyl (C=O) groups is 2. The third-order valence-corrected chi connectivity index (χ3v) is 5.31. The highest BCUT2D eigenvalue weighted by atomic mass is 79.9. The lowest BCUT2D eigenvalue weighted by Crippen LogP contribution is -2.24. The number of hydrogen-bond donors (Lipinski definition) is 2. The molecule has 0 atom stereocenters. The number of carbonyl (C=O) groups excluding carboxylic acids is 2. The van der Waals surface area contributed by atoms with Gasteiger partial charge in [-0.3, -0.25) is 9.59 Å². The highest BCUT2D eigenvalue weighted by Crippen LogP contribution is 2.26. The van der Waals surface area contributed by atoms with Crippen LogP contribution in [-0.4, -0.2) is 24.6 Å². The Balaban J connectivity index is 1.44. The van der Waals surface area contributed by atoms with Gasteiger partial charge < -0.3 is 14.8 Å². The van der Waals surface area contributed by atoms with E-state index in [2.05, 4.69) is 31.8 Å². The molecule has 34 heavy (non-hydrogen) atoms. The standard InChI is InChI=1S/C25H23BrClN3O4/c1-2-33-21-10-8-20(9-11-21)29-24(31)14-25(32)30-28-15-18-5-12-23(22(26)13-18)34-16-17-3-6-19(27)7-4-17/h3-13,15H,2,14,16H2,1H3,(H,29,31)(H,30,32). The van der Waals surface area contributed by atoms with Gasteiger partial charge in [0.2, 0.25) is 11.8 Å². The number of hydrogen-bond acceptors (Lipinski definition) is 5. The molecule has 0 unspecified atom stereocenters. The maximum atomic E-state index is 12.0. The topological polar surface area (TPSA) is 89.0 Å². The normalized spacial score (nSPS) is 10.7. The van der Waals surface area contributed by atoms with Crippen molar-refractivity contribution in [3.05, 3.63) is 87.4 Å². The summed E-state index contributed by atoms with van der Waals surface area (Å²) >= 11 is 9.37. The number of benzene rings is 3. The molecule has 0 heterocycles. The van der Waals surface area contributed by atoms with Gasteiger partial charge in [-0.1, -0.05) is 23.7 Å². The first-order chi connectivity index (χ1) is 16.4. The van der Waals surface area contributed by atoms with Crippen LogP contribution < -0.4 is 20.2 Å². The summed E-state index contributed by atoms with van der Waals surface area (Å²) in [5, 5.41) is 7.24. The van der Waals surface area contributed by atoms with Crippen LogP contribution in [0.5, 0.6) is 11.5 Å². The number of ether oxygens (including phenoxy) is 2. The first-order valence-electron chi connectivity index (χ1n) is 10.4. The van der Waals surface area contributed by atoms with Crippen LogP contribution in [-0.2, 0) is 16.2 Å². The summed E-state index contributed by atoms with van der Waals surface area (Å²) in [7, 11) is 0. The van der Waals surface area contributed by atoms with Gasteiger partial charge in [0.1, 0.15) is 24.5 Å². The summed E-state index contributed by atoms with van der Waals surface area (Å²) in [6.07, 6.45) is 1.13. The molecule has 2 amide bonds. The number of nitrogens with one attached hydrogen (secondary N) is 2. The summed E-state index contributed by atoms with van der Waals surface area (Å²) in [6.45, 7) is 2.85. The second kappa shape index (κ2) is 12.8. The van der Waals surface area contributed by atoms with E-state index in [9.17, 15) is 9.59 Å². The van der Waals surface area contributed by atoms with Crippen LogP contribution in [0, 0.1) is 0 Å². The van der Waals surface area contributed by atoms with Gasteiger partial charge in [-0.25, -0.2) is 5.43 Å². The molecule has 3 rings (SSSR count). The summed E-state index contributed by atoms with van der Waals surface area (Å²) in [5.74, 6) is 0.408. The Bertz CT molecular complexity index is 1150. The molecule has 0 aromatic heterocycles. The Labute approximate surface area is 211 Å². The molecule has 2 N–H and O–H groups in total. The lowest BCUT2D eigenvalue weighted by molar-refractivity contribution is -0.126. The molecule has 9 heteroatoms. The molecule has 0 bridgehead atoms. The quantitative estimate of drug-likeness (QED) is 0.199. The van der Waals surface area contributed by atoms with Crippen LogP contribution in [0.15, 0.2) is 76.3 Å². The zero-order valence-electron chi connectivity index (χ0n) is 18.4. The Hall–Kier alpha value is -3.36. The average Bonchev–Trinajstić information content (AvgIpc) is 2.81. The van der Waals surface area contributed by atoms with Gasteiger partial charge >= 0.3 is 0 Å². The van der Waals surface area contributed by atoms with E-state index in [1.54, 1.807) is 36.4 Å². The smallest absolute Gasteiger partial charge is 0.249 e. The van der Waals surface area contributed by atoms with Crippen molar-refractivity contribution < 1.29 is 19.1 Å². The number of nitrogens with zero attached hydrogens (tertiary/aromatic N) is 1. The molecule has 0 aliphatic rings. The predicted molar refractivity (Wildman–Crippen MR) is 137 cm³/mol. The van der Waals surface area contributed by atoms with Crippen molar-refractivity contribution in [1.29, 1.82) is 0 Å². The van der Waals surface area contributed by atoms with E-state index in [1.807, 2.05) is 37.3 Å². The van der Waals surface area contributed by atoms with Crippen LogP contribution in [0.1, 0.15) is 24.5 Å². The van der Waals surface area contributed by atoms with Gasteiger partial charge in [0.15, 0.2) is 0 Å². The zero-order valence-corrected chi connectivity index (χ0v) is 20.7. The van der Waals surface area contributed by atoms with E-state index in [0.29, 0.717) is 35.4 Å². The predicted octanol–water partition coefficient (Wildman–Crippen LogP) is 5.56. The van der Waals surface area contributed by atoms with Gasteiger partial charge in [0.05, 0.1) is 17.3 Å². The lowest BCUT2D eigenvalue weighted by atomic mass is 10.2. The Morgan fingerprint density at radius 2 is 1.74 bits per heavy atom. The number of amides is 2. The van der Waals surface area contributed by atoms with Crippen molar-refractivity contribution >= 4 is 51.2 Å². The summed E-state index contributed by atoms with van der Waals surface area (Å²) in [5.41, 5.74) is 4.67. The molecule has 3 aromatic rings. The van der Waals surface area contributed by atoms with E-state index in [4.69, 9.17) is 21.1 Å². The monoisotopic (exact) mass is 543 g/mol. The average molecular weight is 545 g/mol. The third-order valence-electron chi connectivity index (χ3n) is 4.44. The fourth-order valence-electron chi connectivity index (χ4n) is 2.83. The van der Waals surface area contributed by atoms with Crippen LogP contribution in [0.3, 0.4) is 0 Å². The van der Waals surface area contributed by atoms with E-state index >= 15 is 0 Å². The minimum absolute atomic E-state index is 0.355. The lowest BCUT2D eigenvalue weighted by Gasteiger charge is -2.09. The van der Waals surface area contributed by atoms with Crippen molar-refractivity contribution in [3.8, 4) is 11.5 Å². The molecule has 0 saturated heterocycles. The molecule has 176 valence electrons. The maximum absolute atomic E-state index is 12.0. The minimum Gasteiger partial charge on any atom is -0.494 e. The minimum atomic E-state index is -0.526. The summed E-state index contributed by atoms with van der Waals surface area (Å²) in [6, 6.07) is 19.7. The van der Waals surface area contributed by atoms with Gasteiger partial charge in [-0.05, 0) is 88.6 Å². The molecule has 0 spiro atoms. The fourth-order valence-corrected chi connectivity index (χ4v) is 3.46. The molecule has 0 radical (unpaired) electrons. The number of anilines is 1. The van der Waals surface area contributed by atoms with Crippen LogP contribution in [0.4, 0.5) is 5.69 Å². The molecule has 0 aliphatic carbocycles. The zero-order chi connectivity index (χ0) is 24.3. The van der Waals surface area contributed by atoms with Crippen LogP contribution in [0.25, 0.3) is 0 Å². The van der Waals surface area contributed by atoms with Gasteiger partial charge in [0.25, 0.3) is 0 Å². The first-order valence-corrected chi connectivity index (χ1v) is 11.6. The van der Waals surface area contributed by atoms with Crippen molar-refractivity contribution in [3.63, 3.8) is 0 Å². The molecule has 0 saturated carbocycles. The summed E-state index contributed by atoms with van der Waals surface area (Å²) in [4.78, 5) is 24.0. The second-order valence-corrected chi connectivity index (χ2v) is 8.37. The summed E-state index contributed by atoms with van der Waals surface area (Å²) < 4.78 is 11.9. The van der Waals surface area contributed by atoms with Gasteiger partial charge in [0, 0.05) is 10.7 Å². The van der Waals surface area contributed by atoms with E-state index in [0.717, 1.165) is 15.6 Å². The highest BCUT2D eigenvalue weighted by molar-refractivity contribution is 9.10. The van der Waals surface area contributed by atoms with Gasteiger partial charge in [-0.2, -0.15) is 5.10 Å². The molecule has 0 aliphatic heterocycles. The fraction of sp³-hybridized carbons (Fsp3) is 0.160. The Morgan fingerprint density at radius 1 is 1.00 bits per heavy atom. The van der Waals surface area contributed by atoms with Crippen molar-refractivity contribution in [2.75, 3.05) is 11.9 Å². The molecular weight excluding hydrogens is 522 g/mol. The number of halogens is 2. The second-order valence-electron chi connectivity index (χ2n) is 7.08. The van der Waals surface area contributed by atoms with Crippen LogP contribution >= 0.6 is 27.5 Å². The Morgan fingerprint density at radius 3 is 2.41 bits per heavy atom. The number of rotatable bonds is 10. The third kappa shape index (κ3) is 8.20. The van der Waals surface area contributed by atoms with Gasteiger partial charge in [-0.15, -0.1) is 0 Å². The first kappa shape index (κ1) is 25.3. The van der Waals surface area contributed by atoms with Crippen LogP contribution in [0.2, 0.25) is 5.02 Å². The van der Waals surface area contributed by atoms with Crippen molar-refractivity contribution in [1.82, 2.24) is 5.43 Å².